The van der Waals surface area contributed by atoms with Gasteiger partial charge in [-0.2, -0.15) is 5.10 Å². The maximum Gasteiger partial charge on any atom is 0.0538 e. The quantitative estimate of drug-likeness (QED) is 0.849. The lowest BCUT2D eigenvalue weighted by atomic mass is 9.95. The van der Waals surface area contributed by atoms with E-state index in [-0.39, 0.29) is 6.04 Å². The number of aryl methyl sites for hydroxylation is 1. The molecule has 2 heterocycles. The van der Waals surface area contributed by atoms with Crippen LogP contribution in [0.2, 0.25) is 0 Å². The summed E-state index contributed by atoms with van der Waals surface area (Å²) in [6.45, 7) is 7.25. The van der Waals surface area contributed by atoms with E-state index in [1.54, 1.807) is 0 Å². The molecule has 5 heteroatoms. The number of aromatic nitrogens is 2. The van der Waals surface area contributed by atoms with E-state index in [1.807, 2.05) is 10.9 Å². The van der Waals surface area contributed by atoms with E-state index in [2.05, 4.69) is 42.1 Å². The number of likely N-dealkylation sites (tertiary alicyclic amines) is 1. The molecule has 1 aromatic rings. The van der Waals surface area contributed by atoms with Crippen molar-refractivity contribution in [3.8, 4) is 0 Å². The molecule has 0 bridgehead atoms. The smallest absolute Gasteiger partial charge is 0.0538 e. The van der Waals surface area contributed by atoms with Gasteiger partial charge in [0.2, 0.25) is 0 Å². The monoisotopic (exact) mass is 279 g/mol. The molecule has 0 aromatic carbocycles. The molecule has 114 valence electrons. The molecule has 0 aliphatic carbocycles. The second kappa shape index (κ2) is 7.20. The van der Waals surface area contributed by atoms with Crippen LogP contribution < -0.4 is 5.73 Å². The molecule has 1 atom stereocenters. The fourth-order valence-corrected chi connectivity index (χ4v) is 3.07. The Balaban J connectivity index is 1.93. The molecule has 1 fully saturated rings. The van der Waals surface area contributed by atoms with Crippen LogP contribution in [0.4, 0.5) is 0 Å². The van der Waals surface area contributed by atoms with Crippen LogP contribution in [-0.2, 0) is 6.54 Å². The number of hydrogen-bond donors (Lipinski definition) is 1. The number of likely N-dealkylation sites (N-methyl/N-ethyl adjacent to an activating group) is 1. The second-order valence-electron chi connectivity index (χ2n) is 6.07. The lowest BCUT2D eigenvalue weighted by Crippen LogP contribution is -2.38. The average Bonchev–Trinajstić information content (AvgIpc) is 2.91. The van der Waals surface area contributed by atoms with Crippen LogP contribution in [0.3, 0.4) is 0 Å². The first-order valence-corrected chi connectivity index (χ1v) is 7.75. The zero-order valence-corrected chi connectivity index (χ0v) is 13.1. The van der Waals surface area contributed by atoms with Gasteiger partial charge in [0.15, 0.2) is 0 Å². The van der Waals surface area contributed by atoms with Crippen molar-refractivity contribution in [3.63, 3.8) is 0 Å². The van der Waals surface area contributed by atoms with Gasteiger partial charge >= 0.3 is 0 Å². The van der Waals surface area contributed by atoms with Crippen LogP contribution in [0.5, 0.6) is 0 Å². The molecule has 1 saturated heterocycles. The van der Waals surface area contributed by atoms with Gasteiger partial charge < -0.3 is 10.6 Å². The highest BCUT2D eigenvalue weighted by Gasteiger charge is 2.23. The number of nitrogens with zero attached hydrogens (tertiary/aromatic N) is 4. The standard InChI is InChI=1S/C15H29N5/c1-4-20-12-14(10-17-20)15(9-16)19(3)11-13-5-7-18(2)8-6-13/h10,12-13,15H,4-9,11,16H2,1-3H3. The van der Waals surface area contributed by atoms with Crippen molar-refractivity contribution in [2.45, 2.75) is 32.4 Å². The topological polar surface area (TPSA) is 50.3 Å². The number of nitrogens with two attached hydrogens (primary N) is 1. The third-order valence-corrected chi connectivity index (χ3v) is 4.50. The first-order valence-electron chi connectivity index (χ1n) is 7.75. The number of hydrogen-bond acceptors (Lipinski definition) is 4. The predicted molar refractivity (Wildman–Crippen MR) is 82.5 cm³/mol. The van der Waals surface area contributed by atoms with Gasteiger partial charge in [-0.15, -0.1) is 0 Å². The maximum absolute atomic E-state index is 6.00. The predicted octanol–water partition coefficient (Wildman–Crippen LogP) is 1.18. The molecular weight excluding hydrogens is 250 g/mol. The molecule has 0 spiro atoms. The lowest BCUT2D eigenvalue weighted by molar-refractivity contribution is 0.151. The van der Waals surface area contributed by atoms with Crippen molar-refractivity contribution in [1.29, 1.82) is 0 Å². The fraction of sp³-hybridized carbons (Fsp3) is 0.800. The Morgan fingerprint density at radius 1 is 1.45 bits per heavy atom. The van der Waals surface area contributed by atoms with Crippen LogP contribution in [0.25, 0.3) is 0 Å². The highest BCUT2D eigenvalue weighted by atomic mass is 15.3. The molecular formula is C15H29N5. The highest BCUT2D eigenvalue weighted by Crippen LogP contribution is 2.23. The van der Waals surface area contributed by atoms with Gasteiger partial charge in [0.1, 0.15) is 0 Å². The molecule has 1 aliphatic rings. The summed E-state index contributed by atoms with van der Waals surface area (Å²) in [6.07, 6.45) is 6.69. The van der Waals surface area contributed by atoms with Crippen molar-refractivity contribution < 1.29 is 0 Å². The van der Waals surface area contributed by atoms with Crippen molar-refractivity contribution >= 4 is 0 Å². The Bertz CT molecular complexity index is 395. The van der Waals surface area contributed by atoms with Gasteiger partial charge in [0.25, 0.3) is 0 Å². The van der Waals surface area contributed by atoms with Crippen molar-refractivity contribution in [1.82, 2.24) is 19.6 Å². The lowest BCUT2D eigenvalue weighted by Gasteiger charge is -2.34. The first kappa shape index (κ1) is 15.5. The van der Waals surface area contributed by atoms with E-state index in [0.29, 0.717) is 6.54 Å². The molecule has 1 unspecified atom stereocenters. The third-order valence-electron chi connectivity index (χ3n) is 4.50. The van der Waals surface area contributed by atoms with E-state index >= 15 is 0 Å². The third kappa shape index (κ3) is 3.81. The van der Waals surface area contributed by atoms with Crippen molar-refractivity contribution in [2.75, 3.05) is 40.3 Å². The average molecular weight is 279 g/mol. The van der Waals surface area contributed by atoms with Crippen molar-refractivity contribution in [2.24, 2.45) is 11.7 Å². The Labute approximate surface area is 122 Å². The Morgan fingerprint density at radius 2 is 2.15 bits per heavy atom. The molecule has 2 N–H and O–H groups in total. The normalized spacial score (nSPS) is 19.6. The number of piperidine rings is 1. The van der Waals surface area contributed by atoms with Crippen molar-refractivity contribution in [3.05, 3.63) is 18.0 Å². The molecule has 5 nitrogen and oxygen atoms in total. The second-order valence-corrected chi connectivity index (χ2v) is 6.07. The van der Waals surface area contributed by atoms with Crippen LogP contribution >= 0.6 is 0 Å². The van der Waals surface area contributed by atoms with Gasteiger partial charge in [-0.1, -0.05) is 0 Å². The molecule has 1 aliphatic heterocycles. The Kier molecular flexibility index (Phi) is 5.57. The zero-order chi connectivity index (χ0) is 14.5. The zero-order valence-electron chi connectivity index (χ0n) is 13.1. The molecule has 0 amide bonds. The molecule has 0 radical (unpaired) electrons. The summed E-state index contributed by atoms with van der Waals surface area (Å²) >= 11 is 0. The van der Waals surface area contributed by atoms with Gasteiger partial charge in [-0.05, 0) is 52.9 Å². The molecule has 1 aromatic heterocycles. The molecule has 2 rings (SSSR count). The SMILES string of the molecule is CCn1cc(C(CN)N(C)CC2CCN(C)CC2)cn1. The number of rotatable bonds is 6. The van der Waals surface area contributed by atoms with Crippen LogP contribution in [-0.4, -0.2) is 59.9 Å². The minimum atomic E-state index is 0.287. The summed E-state index contributed by atoms with van der Waals surface area (Å²) < 4.78 is 1.97. The van der Waals surface area contributed by atoms with E-state index < -0.39 is 0 Å². The summed E-state index contributed by atoms with van der Waals surface area (Å²) in [7, 11) is 4.40. The summed E-state index contributed by atoms with van der Waals surface area (Å²) in [5.41, 5.74) is 7.24. The first-order chi connectivity index (χ1) is 9.63. The van der Waals surface area contributed by atoms with E-state index in [4.69, 9.17) is 5.73 Å². The summed E-state index contributed by atoms with van der Waals surface area (Å²) in [5.74, 6) is 0.798. The minimum absolute atomic E-state index is 0.287. The summed E-state index contributed by atoms with van der Waals surface area (Å²) in [5, 5.41) is 4.37. The maximum atomic E-state index is 6.00. The van der Waals surface area contributed by atoms with Gasteiger partial charge in [-0.25, -0.2) is 0 Å². The van der Waals surface area contributed by atoms with Gasteiger partial charge in [0, 0.05) is 37.4 Å². The summed E-state index contributed by atoms with van der Waals surface area (Å²) in [6, 6.07) is 0.287. The fourth-order valence-electron chi connectivity index (χ4n) is 3.07. The van der Waals surface area contributed by atoms with Gasteiger partial charge in [0.05, 0.1) is 6.20 Å². The van der Waals surface area contributed by atoms with E-state index in [1.165, 1.54) is 31.5 Å². The molecule has 20 heavy (non-hydrogen) atoms. The van der Waals surface area contributed by atoms with E-state index in [0.717, 1.165) is 19.0 Å². The Morgan fingerprint density at radius 3 is 2.70 bits per heavy atom. The van der Waals surface area contributed by atoms with Gasteiger partial charge in [-0.3, -0.25) is 9.58 Å². The van der Waals surface area contributed by atoms with Crippen LogP contribution in [0, 0.1) is 5.92 Å². The van der Waals surface area contributed by atoms with Crippen LogP contribution in [0.15, 0.2) is 12.4 Å². The summed E-state index contributed by atoms with van der Waals surface area (Å²) in [4.78, 5) is 4.83. The van der Waals surface area contributed by atoms with Crippen LogP contribution in [0.1, 0.15) is 31.4 Å². The minimum Gasteiger partial charge on any atom is -0.329 e. The largest absolute Gasteiger partial charge is 0.329 e. The Hall–Kier alpha value is -0.910. The van der Waals surface area contributed by atoms with E-state index in [9.17, 15) is 0 Å². The molecule has 0 saturated carbocycles. The highest BCUT2D eigenvalue weighted by molar-refractivity contribution is 5.11.